The first kappa shape index (κ1) is 12.6. The third kappa shape index (κ3) is 3.54. The van der Waals surface area contributed by atoms with Gasteiger partial charge in [0.2, 0.25) is 0 Å². The summed E-state index contributed by atoms with van der Waals surface area (Å²) < 4.78 is 0. The molecule has 1 rings (SSSR count). The van der Waals surface area contributed by atoms with Crippen molar-refractivity contribution in [2.75, 3.05) is 13.1 Å². The topological polar surface area (TPSA) is 29.0 Å². The monoisotopic (exact) mass is 227 g/mol. The lowest BCUT2D eigenvalue weighted by molar-refractivity contribution is 0.217. The van der Waals surface area contributed by atoms with Crippen LogP contribution in [0.1, 0.15) is 49.7 Å². The van der Waals surface area contributed by atoms with Gasteiger partial charge in [0.15, 0.2) is 0 Å². The molecule has 15 heavy (non-hydrogen) atoms. The van der Waals surface area contributed by atoms with Crippen molar-refractivity contribution in [1.82, 2.24) is 15.1 Å². The smallest absolute Gasteiger partial charge is 0.134 e. The molecule has 1 aromatic rings. The van der Waals surface area contributed by atoms with Gasteiger partial charge in [-0.1, -0.05) is 20.3 Å². The van der Waals surface area contributed by atoms with E-state index in [2.05, 4.69) is 35.9 Å². The number of hydrogen-bond donors (Lipinski definition) is 0. The summed E-state index contributed by atoms with van der Waals surface area (Å²) in [6.07, 6.45) is 2.51. The van der Waals surface area contributed by atoms with E-state index in [0.717, 1.165) is 23.1 Å². The quantitative estimate of drug-likeness (QED) is 0.748. The van der Waals surface area contributed by atoms with E-state index in [1.54, 1.807) is 11.3 Å². The Morgan fingerprint density at radius 3 is 2.53 bits per heavy atom. The summed E-state index contributed by atoms with van der Waals surface area (Å²) in [5.74, 6) is 0. The Bertz CT molecular complexity index is 285. The summed E-state index contributed by atoms with van der Waals surface area (Å²) in [5.41, 5.74) is 0. The largest absolute Gasteiger partial charge is 0.294 e. The number of aromatic nitrogens is 2. The first-order chi connectivity index (χ1) is 7.19. The molecular formula is C11H21N3S. The number of hydrogen-bond acceptors (Lipinski definition) is 4. The van der Waals surface area contributed by atoms with Gasteiger partial charge in [0, 0.05) is 0 Å². The van der Waals surface area contributed by atoms with E-state index >= 15 is 0 Å². The average Bonchev–Trinajstić information content (AvgIpc) is 2.65. The van der Waals surface area contributed by atoms with Crippen molar-refractivity contribution in [3.63, 3.8) is 0 Å². The molecule has 0 aliphatic carbocycles. The highest BCUT2D eigenvalue weighted by atomic mass is 32.1. The Balaban J connectivity index is 2.59. The van der Waals surface area contributed by atoms with Gasteiger partial charge < -0.3 is 0 Å². The molecule has 1 atom stereocenters. The van der Waals surface area contributed by atoms with E-state index in [1.165, 1.54) is 12.8 Å². The second kappa shape index (κ2) is 6.18. The van der Waals surface area contributed by atoms with Crippen LogP contribution >= 0.6 is 11.3 Å². The predicted octanol–water partition coefficient (Wildman–Crippen LogP) is 3.03. The molecule has 0 aromatic carbocycles. The van der Waals surface area contributed by atoms with E-state index < -0.39 is 0 Å². The summed E-state index contributed by atoms with van der Waals surface area (Å²) in [4.78, 5) is 2.46. The van der Waals surface area contributed by atoms with Crippen LogP contribution < -0.4 is 0 Å². The summed E-state index contributed by atoms with van der Waals surface area (Å²) in [6, 6.07) is 0.410. The fourth-order valence-corrected chi connectivity index (χ4v) is 2.41. The van der Waals surface area contributed by atoms with Crippen LogP contribution in [0.4, 0.5) is 0 Å². The molecule has 1 aromatic heterocycles. The summed E-state index contributed by atoms with van der Waals surface area (Å²) >= 11 is 1.71. The Labute approximate surface area is 96.5 Å². The molecule has 0 unspecified atom stereocenters. The highest BCUT2D eigenvalue weighted by Gasteiger charge is 2.17. The Hall–Kier alpha value is -0.480. The minimum absolute atomic E-state index is 0.410. The molecule has 1 heterocycles. The van der Waals surface area contributed by atoms with Crippen molar-refractivity contribution in [1.29, 1.82) is 0 Å². The molecule has 0 radical (unpaired) electrons. The van der Waals surface area contributed by atoms with Gasteiger partial charge in [-0.25, -0.2) is 0 Å². The maximum absolute atomic E-state index is 4.22. The molecule has 0 saturated carbocycles. The third-order valence-corrected chi connectivity index (χ3v) is 3.66. The molecule has 3 nitrogen and oxygen atoms in total. The lowest BCUT2D eigenvalue weighted by Gasteiger charge is -2.25. The average molecular weight is 227 g/mol. The minimum atomic E-state index is 0.410. The second-order valence-electron chi connectivity index (χ2n) is 3.82. The predicted molar refractivity (Wildman–Crippen MR) is 65.2 cm³/mol. The SMILES string of the molecule is CCCCN(CC)[C@@H](C)c1nnc(C)s1. The van der Waals surface area contributed by atoms with Crippen LogP contribution in [-0.4, -0.2) is 28.2 Å². The van der Waals surface area contributed by atoms with E-state index in [9.17, 15) is 0 Å². The number of aryl methyl sites for hydroxylation is 1. The zero-order valence-corrected chi connectivity index (χ0v) is 11.0. The van der Waals surface area contributed by atoms with Gasteiger partial charge in [0.05, 0.1) is 6.04 Å². The second-order valence-corrected chi connectivity index (χ2v) is 5.03. The van der Waals surface area contributed by atoms with E-state index in [4.69, 9.17) is 0 Å². The summed E-state index contributed by atoms with van der Waals surface area (Å²) in [6.45, 7) is 10.9. The van der Waals surface area contributed by atoms with Crippen LogP contribution in [0.15, 0.2) is 0 Å². The zero-order chi connectivity index (χ0) is 11.3. The lowest BCUT2D eigenvalue weighted by atomic mass is 10.2. The van der Waals surface area contributed by atoms with Crippen molar-refractivity contribution < 1.29 is 0 Å². The van der Waals surface area contributed by atoms with Crippen molar-refractivity contribution >= 4 is 11.3 Å². The Morgan fingerprint density at radius 1 is 1.33 bits per heavy atom. The highest BCUT2D eigenvalue weighted by Crippen LogP contribution is 2.23. The van der Waals surface area contributed by atoms with Gasteiger partial charge in [0.1, 0.15) is 10.0 Å². The normalized spacial score (nSPS) is 13.4. The van der Waals surface area contributed by atoms with Crippen molar-refractivity contribution in [3.05, 3.63) is 10.0 Å². The van der Waals surface area contributed by atoms with Gasteiger partial charge in [-0.2, -0.15) is 0 Å². The lowest BCUT2D eigenvalue weighted by Crippen LogP contribution is -2.27. The summed E-state index contributed by atoms with van der Waals surface area (Å²) in [7, 11) is 0. The molecule has 0 aliphatic rings. The third-order valence-electron chi connectivity index (χ3n) is 2.65. The van der Waals surface area contributed by atoms with Crippen molar-refractivity contribution in [2.45, 2.75) is 46.6 Å². The number of rotatable bonds is 6. The fourth-order valence-electron chi connectivity index (χ4n) is 1.62. The minimum Gasteiger partial charge on any atom is -0.294 e. The van der Waals surface area contributed by atoms with Crippen LogP contribution in [-0.2, 0) is 0 Å². The maximum atomic E-state index is 4.22. The maximum Gasteiger partial charge on any atom is 0.134 e. The van der Waals surface area contributed by atoms with Crippen molar-refractivity contribution in [2.24, 2.45) is 0 Å². The molecule has 0 spiro atoms. The molecule has 0 amide bonds. The van der Waals surface area contributed by atoms with Crippen molar-refractivity contribution in [3.8, 4) is 0 Å². The molecule has 4 heteroatoms. The van der Waals surface area contributed by atoms with Gasteiger partial charge in [-0.15, -0.1) is 21.5 Å². The molecule has 0 fully saturated rings. The van der Waals surface area contributed by atoms with Crippen LogP contribution in [0, 0.1) is 6.92 Å². The van der Waals surface area contributed by atoms with Gasteiger partial charge in [-0.3, -0.25) is 4.90 Å². The molecule has 0 N–H and O–H groups in total. The highest BCUT2D eigenvalue weighted by molar-refractivity contribution is 7.11. The standard InChI is InChI=1S/C11H21N3S/c1-5-7-8-14(6-2)9(3)11-13-12-10(4)15-11/h9H,5-8H2,1-4H3/t9-/m0/s1. The fraction of sp³-hybridized carbons (Fsp3) is 0.818. The molecule has 0 saturated heterocycles. The first-order valence-corrected chi connectivity index (χ1v) is 6.54. The number of nitrogens with zero attached hydrogens (tertiary/aromatic N) is 3. The molecular weight excluding hydrogens is 206 g/mol. The molecule has 0 aliphatic heterocycles. The number of unbranched alkanes of at least 4 members (excludes halogenated alkanes) is 1. The van der Waals surface area contributed by atoms with E-state index in [1.807, 2.05) is 6.92 Å². The van der Waals surface area contributed by atoms with Gasteiger partial charge in [-0.05, 0) is 33.4 Å². The van der Waals surface area contributed by atoms with Crippen LogP contribution in [0.5, 0.6) is 0 Å². The van der Waals surface area contributed by atoms with Crippen LogP contribution in [0.25, 0.3) is 0 Å². The Morgan fingerprint density at radius 2 is 2.07 bits per heavy atom. The first-order valence-electron chi connectivity index (χ1n) is 5.73. The van der Waals surface area contributed by atoms with Gasteiger partial charge >= 0.3 is 0 Å². The van der Waals surface area contributed by atoms with E-state index in [-0.39, 0.29) is 0 Å². The Kier molecular flexibility index (Phi) is 5.19. The van der Waals surface area contributed by atoms with Gasteiger partial charge in [0.25, 0.3) is 0 Å². The summed E-state index contributed by atoms with van der Waals surface area (Å²) in [5, 5.41) is 10.5. The van der Waals surface area contributed by atoms with E-state index in [0.29, 0.717) is 6.04 Å². The van der Waals surface area contributed by atoms with Crippen LogP contribution in [0.3, 0.4) is 0 Å². The molecule has 0 bridgehead atoms. The van der Waals surface area contributed by atoms with Crippen LogP contribution in [0.2, 0.25) is 0 Å². The molecule has 86 valence electrons. The zero-order valence-electron chi connectivity index (χ0n) is 10.2.